The first-order chi connectivity index (χ1) is 9.24. The number of carbonyl (C=O) groups is 1. The summed E-state index contributed by atoms with van der Waals surface area (Å²) >= 11 is 0. The minimum Gasteiger partial charge on any atom is -0.327 e. The summed E-state index contributed by atoms with van der Waals surface area (Å²) in [4.78, 5) is 11.8. The third-order valence-corrected chi connectivity index (χ3v) is 3.94. The van der Waals surface area contributed by atoms with E-state index in [1.54, 1.807) is 19.1 Å². The third-order valence-electron chi connectivity index (χ3n) is 2.89. The zero-order chi connectivity index (χ0) is 15.3. The fraction of sp³-hybridized carbons (Fsp3) is 0.462. The van der Waals surface area contributed by atoms with Crippen LogP contribution in [0, 0.1) is 6.92 Å². The summed E-state index contributed by atoms with van der Waals surface area (Å²) < 4.78 is 22.8. The summed E-state index contributed by atoms with van der Waals surface area (Å²) in [6, 6.07) is 4.39. The molecular formula is C13H21N3O3S. The Morgan fingerprint density at radius 2 is 2.05 bits per heavy atom. The van der Waals surface area contributed by atoms with Crippen LogP contribution in [0.2, 0.25) is 0 Å². The van der Waals surface area contributed by atoms with Crippen molar-refractivity contribution < 1.29 is 13.2 Å². The van der Waals surface area contributed by atoms with Gasteiger partial charge in [-0.1, -0.05) is 19.4 Å². The highest BCUT2D eigenvalue weighted by Gasteiger charge is 2.14. The molecule has 20 heavy (non-hydrogen) atoms. The number of benzene rings is 1. The molecule has 1 atom stereocenters. The first-order valence-electron chi connectivity index (χ1n) is 6.43. The van der Waals surface area contributed by atoms with Crippen LogP contribution in [0.5, 0.6) is 0 Å². The van der Waals surface area contributed by atoms with Gasteiger partial charge in [0.25, 0.3) is 0 Å². The SMILES string of the molecule is CCCC(N)CC(=O)Nc1ccc(C)c(S(N)(=O)=O)c1. The molecule has 6 nitrogen and oxygen atoms in total. The molecule has 0 saturated carbocycles. The Morgan fingerprint density at radius 1 is 1.40 bits per heavy atom. The van der Waals surface area contributed by atoms with Crippen LogP contribution in [0.4, 0.5) is 5.69 Å². The molecule has 0 saturated heterocycles. The summed E-state index contributed by atoms with van der Waals surface area (Å²) in [6.45, 7) is 3.64. The van der Waals surface area contributed by atoms with Crippen LogP contribution >= 0.6 is 0 Å². The number of hydrogen-bond donors (Lipinski definition) is 3. The molecule has 0 bridgehead atoms. The van der Waals surface area contributed by atoms with E-state index in [9.17, 15) is 13.2 Å². The van der Waals surface area contributed by atoms with Crippen LogP contribution < -0.4 is 16.2 Å². The maximum atomic E-state index is 11.8. The summed E-state index contributed by atoms with van der Waals surface area (Å²) in [6.07, 6.45) is 1.88. The second-order valence-corrected chi connectivity index (χ2v) is 6.36. The van der Waals surface area contributed by atoms with Gasteiger partial charge in [0.2, 0.25) is 15.9 Å². The van der Waals surface area contributed by atoms with Crippen molar-refractivity contribution in [2.24, 2.45) is 10.9 Å². The average molecular weight is 299 g/mol. The standard InChI is InChI=1S/C13H21N3O3S/c1-3-4-10(14)7-13(17)16-11-6-5-9(2)12(8-11)20(15,18)19/h5-6,8,10H,3-4,7,14H2,1-2H3,(H,16,17)(H2,15,18,19). The smallest absolute Gasteiger partial charge is 0.238 e. The number of primary sulfonamides is 1. The van der Waals surface area contributed by atoms with Crippen molar-refractivity contribution in [3.05, 3.63) is 23.8 Å². The fourth-order valence-electron chi connectivity index (χ4n) is 1.91. The molecule has 0 aromatic heterocycles. The molecule has 0 spiro atoms. The first kappa shape index (κ1) is 16.6. The molecule has 0 radical (unpaired) electrons. The Labute approximate surface area is 119 Å². The summed E-state index contributed by atoms with van der Waals surface area (Å²) in [5, 5.41) is 7.75. The second kappa shape index (κ2) is 6.83. The van der Waals surface area contributed by atoms with Gasteiger partial charge in [0.05, 0.1) is 4.90 Å². The van der Waals surface area contributed by atoms with Crippen molar-refractivity contribution in [2.75, 3.05) is 5.32 Å². The van der Waals surface area contributed by atoms with Gasteiger partial charge in [-0.3, -0.25) is 4.79 Å². The van der Waals surface area contributed by atoms with Crippen molar-refractivity contribution in [2.45, 2.75) is 44.0 Å². The van der Waals surface area contributed by atoms with Crippen LogP contribution in [0.1, 0.15) is 31.7 Å². The molecule has 1 amide bonds. The van der Waals surface area contributed by atoms with E-state index in [0.717, 1.165) is 12.8 Å². The van der Waals surface area contributed by atoms with E-state index in [1.165, 1.54) is 6.07 Å². The van der Waals surface area contributed by atoms with E-state index >= 15 is 0 Å². The highest BCUT2D eigenvalue weighted by atomic mass is 32.2. The van der Waals surface area contributed by atoms with Gasteiger partial charge in [0, 0.05) is 18.2 Å². The van der Waals surface area contributed by atoms with E-state index in [0.29, 0.717) is 11.3 Å². The molecule has 1 rings (SSSR count). The topological polar surface area (TPSA) is 115 Å². The van der Waals surface area contributed by atoms with E-state index in [4.69, 9.17) is 10.9 Å². The number of sulfonamides is 1. The maximum absolute atomic E-state index is 11.8. The molecular weight excluding hydrogens is 278 g/mol. The lowest BCUT2D eigenvalue weighted by atomic mass is 10.1. The molecule has 0 aliphatic carbocycles. The molecule has 5 N–H and O–H groups in total. The average Bonchev–Trinajstić information content (AvgIpc) is 2.30. The highest BCUT2D eigenvalue weighted by Crippen LogP contribution is 2.19. The fourth-order valence-corrected chi connectivity index (χ4v) is 2.72. The quantitative estimate of drug-likeness (QED) is 0.729. The number of aryl methyl sites for hydroxylation is 1. The van der Waals surface area contributed by atoms with Gasteiger partial charge >= 0.3 is 0 Å². The van der Waals surface area contributed by atoms with Gasteiger partial charge in [-0.05, 0) is 31.0 Å². The predicted octanol–water partition coefficient (Wildman–Crippen LogP) is 1.10. The monoisotopic (exact) mass is 299 g/mol. The Balaban J connectivity index is 2.81. The molecule has 0 aliphatic heterocycles. The largest absolute Gasteiger partial charge is 0.327 e. The summed E-state index contributed by atoms with van der Waals surface area (Å²) in [7, 11) is -3.80. The van der Waals surface area contributed by atoms with E-state index in [-0.39, 0.29) is 23.3 Å². The van der Waals surface area contributed by atoms with Crippen LogP contribution in [0.25, 0.3) is 0 Å². The van der Waals surface area contributed by atoms with E-state index in [1.807, 2.05) is 6.92 Å². The van der Waals surface area contributed by atoms with Gasteiger partial charge in [0.1, 0.15) is 0 Å². The zero-order valence-corrected chi connectivity index (χ0v) is 12.5. The Morgan fingerprint density at radius 3 is 2.60 bits per heavy atom. The van der Waals surface area contributed by atoms with Crippen LogP contribution in [-0.2, 0) is 14.8 Å². The van der Waals surface area contributed by atoms with Gasteiger partial charge in [-0.2, -0.15) is 0 Å². The number of nitrogens with one attached hydrogen (secondary N) is 1. The summed E-state index contributed by atoms with van der Waals surface area (Å²) in [5.74, 6) is -0.241. The number of carbonyl (C=O) groups excluding carboxylic acids is 1. The number of rotatable bonds is 6. The lowest BCUT2D eigenvalue weighted by Crippen LogP contribution is -2.27. The van der Waals surface area contributed by atoms with E-state index in [2.05, 4.69) is 5.32 Å². The second-order valence-electron chi connectivity index (χ2n) is 4.83. The van der Waals surface area contributed by atoms with Gasteiger partial charge in [-0.25, -0.2) is 13.6 Å². The van der Waals surface area contributed by atoms with Crippen molar-refractivity contribution in [3.63, 3.8) is 0 Å². The number of hydrogen-bond acceptors (Lipinski definition) is 4. The van der Waals surface area contributed by atoms with Crippen molar-refractivity contribution in [1.29, 1.82) is 0 Å². The third kappa shape index (κ3) is 4.92. The lowest BCUT2D eigenvalue weighted by Gasteiger charge is -2.12. The van der Waals surface area contributed by atoms with Gasteiger partial charge in [-0.15, -0.1) is 0 Å². The van der Waals surface area contributed by atoms with Gasteiger partial charge in [0.15, 0.2) is 0 Å². The van der Waals surface area contributed by atoms with E-state index < -0.39 is 10.0 Å². The number of amides is 1. The minimum absolute atomic E-state index is 0.00755. The molecule has 112 valence electrons. The molecule has 7 heteroatoms. The number of anilines is 1. The van der Waals surface area contributed by atoms with Crippen LogP contribution in [-0.4, -0.2) is 20.4 Å². The Bertz CT molecular complexity index is 585. The molecule has 0 heterocycles. The Hall–Kier alpha value is -1.44. The molecule has 1 unspecified atom stereocenters. The van der Waals surface area contributed by atoms with Crippen LogP contribution in [0.3, 0.4) is 0 Å². The molecule has 0 aliphatic rings. The first-order valence-corrected chi connectivity index (χ1v) is 7.97. The highest BCUT2D eigenvalue weighted by molar-refractivity contribution is 7.89. The summed E-state index contributed by atoms with van der Waals surface area (Å²) in [5.41, 5.74) is 6.72. The van der Waals surface area contributed by atoms with Crippen LogP contribution in [0.15, 0.2) is 23.1 Å². The molecule has 1 aromatic carbocycles. The molecule has 0 fully saturated rings. The van der Waals surface area contributed by atoms with Crippen molar-refractivity contribution >= 4 is 21.6 Å². The normalized spacial score (nSPS) is 13.0. The zero-order valence-electron chi connectivity index (χ0n) is 11.7. The Kier molecular flexibility index (Phi) is 5.67. The van der Waals surface area contributed by atoms with Crippen molar-refractivity contribution in [1.82, 2.24) is 0 Å². The lowest BCUT2D eigenvalue weighted by molar-refractivity contribution is -0.116. The van der Waals surface area contributed by atoms with Gasteiger partial charge < -0.3 is 11.1 Å². The number of nitrogens with two attached hydrogens (primary N) is 2. The predicted molar refractivity (Wildman–Crippen MR) is 78.7 cm³/mol. The van der Waals surface area contributed by atoms with Crippen molar-refractivity contribution in [3.8, 4) is 0 Å². The molecule has 1 aromatic rings. The minimum atomic E-state index is -3.80. The maximum Gasteiger partial charge on any atom is 0.238 e.